The molecular formula is C29H31N7O5S. The van der Waals surface area contributed by atoms with Gasteiger partial charge < -0.3 is 29.3 Å². The van der Waals surface area contributed by atoms with Gasteiger partial charge in [0.1, 0.15) is 6.61 Å². The lowest BCUT2D eigenvalue weighted by Gasteiger charge is -2.38. The number of guanidine groups is 1. The van der Waals surface area contributed by atoms with Crippen molar-refractivity contribution in [1.29, 1.82) is 0 Å². The predicted molar refractivity (Wildman–Crippen MR) is 161 cm³/mol. The van der Waals surface area contributed by atoms with Gasteiger partial charge in [-0.05, 0) is 68.5 Å². The number of aliphatic imine (C=N–C) groups is 1. The highest BCUT2D eigenvalue weighted by Gasteiger charge is 2.33. The molecule has 1 amide bonds. The van der Waals surface area contributed by atoms with Gasteiger partial charge in [0.2, 0.25) is 23.1 Å². The average Bonchev–Trinajstić information content (AvgIpc) is 2.99. The molecule has 3 heterocycles. The van der Waals surface area contributed by atoms with Crippen LogP contribution in [0.25, 0.3) is 0 Å². The van der Waals surface area contributed by atoms with Crippen LogP contribution >= 0.6 is 12.2 Å². The zero-order valence-electron chi connectivity index (χ0n) is 23.5. The Morgan fingerprint density at radius 2 is 1.60 bits per heavy atom. The number of benzene rings is 2. The molecule has 1 unspecified atom stereocenters. The number of amides is 1. The van der Waals surface area contributed by atoms with Crippen molar-refractivity contribution in [3.05, 3.63) is 71.5 Å². The number of aromatic nitrogens is 2. The Balaban J connectivity index is 1.27. The third kappa shape index (κ3) is 6.92. The van der Waals surface area contributed by atoms with Crippen molar-refractivity contribution < 1.29 is 23.8 Å². The van der Waals surface area contributed by atoms with E-state index >= 15 is 0 Å². The molecule has 0 aliphatic carbocycles. The number of ether oxygens (including phenoxy) is 3. The van der Waals surface area contributed by atoms with E-state index in [0.717, 1.165) is 11.4 Å². The molecule has 2 aromatic carbocycles. The number of fused-ring (bicyclic) bond motifs is 1. The highest BCUT2D eigenvalue weighted by atomic mass is 32.1. The molecule has 12 nitrogen and oxygen atoms in total. The van der Waals surface area contributed by atoms with Crippen molar-refractivity contribution in [2.75, 3.05) is 50.5 Å². The molecular weight excluding hydrogens is 558 g/mol. The summed E-state index contributed by atoms with van der Waals surface area (Å²) in [6.45, 7) is 5.82. The highest BCUT2D eigenvalue weighted by Crippen LogP contribution is 2.31. The molecule has 2 N–H and O–H groups in total. The molecule has 0 spiro atoms. The van der Waals surface area contributed by atoms with Crippen LogP contribution in [0.2, 0.25) is 0 Å². The largest absolute Gasteiger partial charge is 0.485 e. The number of anilines is 2. The quantitative estimate of drug-likeness (QED) is 0.202. The molecule has 0 bridgehead atoms. The Kier molecular flexibility index (Phi) is 8.77. The minimum Gasteiger partial charge on any atom is -0.485 e. The first-order valence-corrected chi connectivity index (χ1v) is 13.8. The maximum absolute atomic E-state index is 13.2. The molecule has 1 fully saturated rings. The maximum Gasteiger partial charge on any atom is 0.337 e. The zero-order chi connectivity index (χ0) is 29.6. The van der Waals surface area contributed by atoms with Crippen molar-refractivity contribution in [1.82, 2.24) is 19.8 Å². The van der Waals surface area contributed by atoms with E-state index in [4.69, 9.17) is 26.4 Å². The van der Waals surface area contributed by atoms with Gasteiger partial charge in [0.15, 0.2) is 11.5 Å². The summed E-state index contributed by atoms with van der Waals surface area (Å²) < 4.78 is 16.4. The normalized spacial score (nSPS) is 16.5. The summed E-state index contributed by atoms with van der Waals surface area (Å²) in [7, 11) is 1.33. The van der Waals surface area contributed by atoms with Gasteiger partial charge in [-0.2, -0.15) is 4.99 Å². The van der Waals surface area contributed by atoms with E-state index in [2.05, 4.69) is 25.6 Å². The molecule has 0 radical (unpaired) electrons. The van der Waals surface area contributed by atoms with Gasteiger partial charge in [-0.3, -0.25) is 10.1 Å². The first-order valence-electron chi connectivity index (χ1n) is 13.4. The molecule has 3 aromatic rings. The lowest BCUT2D eigenvalue weighted by Crippen LogP contribution is -2.56. The van der Waals surface area contributed by atoms with E-state index < -0.39 is 12.1 Å². The Bertz CT molecular complexity index is 1490. The third-order valence-corrected chi connectivity index (χ3v) is 6.84. The standard InChI is InChI=1S/C29H31N7O5S/c1-18-16-19(2)31-27(30-18)33-28(34-29(42)32-21-10-8-20(9-11-21)26(38)39-3)36-14-12-35(13-15-36)25(37)24-17-40-22-6-4-5-7-23(22)41-24/h4-11,16,24H,12-15,17H2,1-3H3,(H2,30,31,32,33,34,42). The van der Waals surface area contributed by atoms with Crippen molar-refractivity contribution >= 4 is 46.8 Å². The number of hydrogen-bond donors (Lipinski definition) is 2. The summed E-state index contributed by atoms with van der Waals surface area (Å²) >= 11 is 5.55. The molecule has 2 aliphatic heterocycles. The van der Waals surface area contributed by atoms with E-state index in [-0.39, 0.29) is 17.6 Å². The molecule has 13 heteroatoms. The number of piperazine rings is 1. The first kappa shape index (κ1) is 28.7. The number of hydrogen-bond acceptors (Lipinski definition) is 8. The number of rotatable bonds is 4. The van der Waals surface area contributed by atoms with Crippen LogP contribution in [0.5, 0.6) is 11.5 Å². The fourth-order valence-electron chi connectivity index (χ4n) is 4.60. The fourth-order valence-corrected chi connectivity index (χ4v) is 4.80. The molecule has 0 saturated carbocycles. The monoisotopic (exact) mass is 589 g/mol. The number of nitrogens with zero attached hydrogens (tertiary/aromatic N) is 5. The van der Waals surface area contributed by atoms with E-state index in [1.54, 1.807) is 35.2 Å². The van der Waals surface area contributed by atoms with Crippen LogP contribution in [-0.2, 0) is 9.53 Å². The van der Waals surface area contributed by atoms with Crippen LogP contribution < -0.4 is 20.1 Å². The first-order chi connectivity index (χ1) is 20.3. The average molecular weight is 590 g/mol. The van der Waals surface area contributed by atoms with E-state index in [1.807, 2.05) is 43.0 Å². The smallest absolute Gasteiger partial charge is 0.337 e. The fraction of sp³-hybridized carbons (Fsp3) is 0.310. The number of nitrogens with one attached hydrogen (secondary N) is 2. The van der Waals surface area contributed by atoms with Crippen molar-refractivity contribution in [3.8, 4) is 11.5 Å². The Morgan fingerprint density at radius 1 is 0.952 bits per heavy atom. The van der Waals surface area contributed by atoms with Gasteiger partial charge in [-0.25, -0.2) is 14.8 Å². The van der Waals surface area contributed by atoms with Gasteiger partial charge >= 0.3 is 5.97 Å². The minimum atomic E-state index is -0.705. The molecule has 5 rings (SSSR count). The number of para-hydroxylation sites is 2. The predicted octanol–water partition coefficient (Wildman–Crippen LogP) is 3.03. The minimum absolute atomic E-state index is 0.124. The lowest BCUT2D eigenvalue weighted by atomic mass is 10.2. The summed E-state index contributed by atoms with van der Waals surface area (Å²) in [4.78, 5) is 42.4. The van der Waals surface area contributed by atoms with Crippen LogP contribution in [0.1, 0.15) is 21.7 Å². The summed E-state index contributed by atoms with van der Waals surface area (Å²) in [5.41, 5.74) is 2.70. The summed E-state index contributed by atoms with van der Waals surface area (Å²) in [5.74, 6) is 1.49. The van der Waals surface area contributed by atoms with Crippen molar-refractivity contribution in [3.63, 3.8) is 0 Å². The van der Waals surface area contributed by atoms with Crippen LogP contribution in [0, 0.1) is 13.8 Å². The molecule has 1 aromatic heterocycles. The number of aryl methyl sites for hydroxylation is 2. The lowest BCUT2D eigenvalue weighted by molar-refractivity contribution is -0.142. The number of thiocarbonyl (C=S) groups is 1. The van der Waals surface area contributed by atoms with E-state index in [9.17, 15) is 9.59 Å². The number of methoxy groups -OCH3 is 1. The van der Waals surface area contributed by atoms with Gasteiger partial charge in [-0.15, -0.1) is 0 Å². The van der Waals surface area contributed by atoms with Crippen LogP contribution in [0.4, 0.5) is 11.6 Å². The van der Waals surface area contributed by atoms with Gasteiger partial charge in [0.05, 0.1) is 12.7 Å². The van der Waals surface area contributed by atoms with E-state index in [0.29, 0.717) is 60.8 Å². The molecule has 42 heavy (non-hydrogen) atoms. The van der Waals surface area contributed by atoms with Gasteiger partial charge in [0.25, 0.3) is 5.91 Å². The molecule has 1 atom stereocenters. The summed E-state index contributed by atoms with van der Waals surface area (Å²) in [6.07, 6.45) is -0.705. The maximum atomic E-state index is 13.2. The SMILES string of the molecule is COC(=O)c1ccc(NC(=S)/N=C(/Nc2nc(C)cc(C)n2)N2CCN(C(=O)C3COc4ccccc4O3)CC2)cc1. The molecule has 1 saturated heterocycles. The second kappa shape index (κ2) is 12.8. The van der Waals surface area contributed by atoms with Crippen molar-refractivity contribution in [2.24, 2.45) is 4.99 Å². The topological polar surface area (TPSA) is 131 Å². The van der Waals surface area contributed by atoms with Crippen LogP contribution in [-0.4, -0.2) is 88.7 Å². The van der Waals surface area contributed by atoms with Crippen molar-refractivity contribution in [2.45, 2.75) is 20.0 Å². The van der Waals surface area contributed by atoms with Crippen LogP contribution in [0.3, 0.4) is 0 Å². The summed E-state index contributed by atoms with van der Waals surface area (Å²) in [6, 6.07) is 15.9. The third-order valence-electron chi connectivity index (χ3n) is 6.65. The Hall–Kier alpha value is -4.78. The second-order valence-electron chi connectivity index (χ2n) is 9.71. The highest BCUT2D eigenvalue weighted by molar-refractivity contribution is 7.80. The number of esters is 1. The number of carbonyl (C=O) groups is 2. The van der Waals surface area contributed by atoms with Crippen LogP contribution in [0.15, 0.2) is 59.6 Å². The van der Waals surface area contributed by atoms with E-state index in [1.165, 1.54) is 7.11 Å². The zero-order valence-corrected chi connectivity index (χ0v) is 24.3. The summed E-state index contributed by atoms with van der Waals surface area (Å²) in [5, 5.41) is 6.48. The Morgan fingerprint density at radius 3 is 2.26 bits per heavy atom. The molecule has 218 valence electrons. The second-order valence-corrected chi connectivity index (χ2v) is 10.1. The Labute approximate surface area is 248 Å². The molecule has 2 aliphatic rings. The number of carbonyl (C=O) groups excluding carboxylic acids is 2. The van der Waals surface area contributed by atoms with Gasteiger partial charge in [0, 0.05) is 43.3 Å². The van der Waals surface area contributed by atoms with Gasteiger partial charge in [-0.1, -0.05) is 12.1 Å².